The van der Waals surface area contributed by atoms with E-state index in [1.807, 2.05) is 0 Å². The summed E-state index contributed by atoms with van der Waals surface area (Å²) in [4.78, 5) is 3.04. The van der Waals surface area contributed by atoms with Crippen LogP contribution in [0.2, 0.25) is 0 Å². The Bertz CT molecular complexity index is 1170. The third-order valence-electron chi connectivity index (χ3n) is 4.33. The maximum Gasteiger partial charge on any atom is 0.161 e. The average Bonchev–Trinajstić information content (AvgIpc) is 3.28. The van der Waals surface area contributed by atoms with Gasteiger partial charge in [0.15, 0.2) is 5.82 Å². The lowest BCUT2D eigenvalue weighted by Gasteiger charge is -2.13. The molecule has 8 heteroatoms. The van der Waals surface area contributed by atoms with E-state index in [0.717, 1.165) is 5.56 Å². The van der Waals surface area contributed by atoms with Crippen LogP contribution < -0.4 is 5.73 Å². The van der Waals surface area contributed by atoms with Gasteiger partial charge in [-0.2, -0.15) is 5.10 Å². The Kier molecular flexibility index (Phi) is 4.27. The van der Waals surface area contributed by atoms with Crippen molar-refractivity contribution in [2.75, 3.05) is 0 Å². The molecule has 0 aliphatic heterocycles. The number of benzene rings is 2. The lowest BCUT2D eigenvalue weighted by molar-refractivity contribution is 0.516. The van der Waals surface area contributed by atoms with Crippen LogP contribution in [-0.4, -0.2) is 25.4 Å². The van der Waals surface area contributed by atoms with Crippen molar-refractivity contribution in [3.05, 3.63) is 65.1 Å². The van der Waals surface area contributed by atoms with Gasteiger partial charge in [-0.25, -0.2) is 8.78 Å². The quantitative estimate of drug-likeness (QED) is 0.499. The van der Waals surface area contributed by atoms with Gasteiger partial charge in [0.25, 0.3) is 0 Å². The highest BCUT2D eigenvalue weighted by Gasteiger charge is 2.20. The fourth-order valence-electron chi connectivity index (χ4n) is 2.79. The van der Waals surface area contributed by atoms with E-state index in [1.165, 1.54) is 18.2 Å². The van der Waals surface area contributed by atoms with Crippen molar-refractivity contribution in [3.63, 3.8) is 0 Å². The number of H-pyrrole nitrogens is 2. The Morgan fingerprint density at radius 3 is 2.46 bits per heavy atom. The fourth-order valence-corrected chi connectivity index (χ4v) is 2.79. The third kappa shape index (κ3) is 3.41. The van der Waals surface area contributed by atoms with E-state index in [1.54, 1.807) is 44.2 Å². The Labute approximate surface area is 159 Å². The number of nitrogens with zero attached hydrogens (tertiary/aromatic N) is 3. The molecule has 28 heavy (non-hydrogen) atoms. The molecule has 0 aliphatic carbocycles. The summed E-state index contributed by atoms with van der Waals surface area (Å²) in [6.45, 7) is 3.60. The standard InChI is InChI=1S/C20H18F2N6/c1-20(2,23)19-24-18(27-28-19)12-9-14-16(25-26-17(14)15(22)10-12)8-5-11-3-6-13(21)7-4-11/h3-10H,23H2,1-2H3,(H,25,26)(H,24,27,28). The second-order valence-electron chi connectivity index (χ2n) is 7.12. The van der Waals surface area contributed by atoms with Gasteiger partial charge in [-0.3, -0.25) is 5.10 Å². The first-order chi connectivity index (χ1) is 13.3. The zero-order valence-corrected chi connectivity index (χ0v) is 15.3. The van der Waals surface area contributed by atoms with Crippen LogP contribution in [-0.2, 0) is 5.54 Å². The molecular formula is C20H18F2N6. The topological polar surface area (TPSA) is 96.3 Å². The molecule has 4 N–H and O–H groups in total. The van der Waals surface area contributed by atoms with Crippen molar-refractivity contribution < 1.29 is 8.78 Å². The molecule has 0 fully saturated rings. The minimum atomic E-state index is -0.688. The summed E-state index contributed by atoms with van der Waals surface area (Å²) < 4.78 is 27.6. The van der Waals surface area contributed by atoms with Crippen molar-refractivity contribution in [2.24, 2.45) is 5.73 Å². The van der Waals surface area contributed by atoms with Gasteiger partial charge < -0.3 is 10.7 Å². The van der Waals surface area contributed by atoms with Crippen molar-refractivity contribution in [3.8, 4) is 11.4 Å². The van der Waals surface area contributed by atoms with Crippen LogP contribution in [0, 0.1) is 11.6 Å². The zero-order chi connectivity index (χ0) is 19.9. The summed E-state index contributed by atoms with van der Waals surface area (Å²) in [7, 11) is 0. The molecule has 0 saturated carbocycles. The summed E-state index contributed by atoms with van der Waals surface area (Å²) >= 11 is 0. The second kappa shape index (κ2) is 6.65. The number of rotatable bonds is 4. The van der Waals surface area contributed by atoms with Gasteiger partial charge in [-0.1, -0.05) is 18.2 Å². The molecule has 0 saturated heterocycles. The predicted octanol–water partition coefficient (Wildman–Crippen LogP) is 3.99. The molecule has 0 spiro atoms. The van der Waals surface area contributed by atoms with Crippen LogP contribution in [0.15, 0.2) is 36.4 Å². The minimum absolute atomic E-state index is 0.293. The van der Waals surface area contributed by atoms with Crippen LogP contribution in [0.1, 0.15) is 30.9 Å². The molecule has 0 bridgehead atoms. The number of hydrogen-bond acceptors (Lipinski definition) is 4. The van der Waals surface area contributed by atoms with E-state index < -0.39 is 11.4 Å². The maximum absolute atomic E-state index is 14.6. The Hall–Kier alpha value is -3.39. The summed E-state index contributed by atoms with van der Waals surface area (Å²) in [5.74, 6) is 0.170. The van der Waals surface area contributed by atoms with Crippen LogP contribution in [0.4, 0.5) is 8.78 Å². The molecular weight excluding hydrogens is 362 g/mol. The van der Waals surface area contributed by atoms with E-state index in [2.05, 4.69) is 25.4 Å². The van der Waals surface area contributed by atoms with Gasteiger partial charge in [-0.15, -0.1) is 10.2 Å². The molecule has 2 heterocycles. The summed E-state index contributed by atoms with van der Waals surface area (Å²) in [5.41, 5.74) is 7.52. The van der Waals surface area contributed by atoms with Gasteiger partial charge in [0, 0.05) is 10.9 Å². The number of aromatic amines is 2. The van der Waals surface area contributed by atoms with Gasteiger partial charge in [-0.05, 0) is 49.8 Å². The van der Waals surface area contributed by atoms with Crippen molar-refractivity contribution >= 4 is 23.1 Å². The van der Waals surface area contributed by atoms with Crippen LogP contribution in [0.5, 0.6) is 0 Å². The number of nitrogens with two attached hydrogens (primary N) is 1. The van der Waals surface area contributed by atoms with Crippen molar-refractivity contribution in [2.45, 2.75) is 19.4 Å². The predicted molar refractivity (Wildman–Crippen MR) is 104 cm³/mol. The second-order valence-corrected chi connectivity index (χ2v) is 7.12. The van der Waals surface area contributed by atoms with Gasteiger partial charge >= 0.3 is 0 Å². The molecule has 0 atom stereocenters. The van der Waals surface area contributed by atoms with Crippen molar-refractivity contribution in [1.29, 1.82) is 0 Å². The summed E-state index contributed by atoms with van der Waals surface area (Å²) in [6.07, 6.45) is 3.52. The Morgan fingerprint density at radius 2 is 1.79 bits per heavy atom. The fraction of sp³-hybridized carbons (Fsp3) is 0.150. The summed E-state index contributed by atoms with van der Waals surface area (Å²) in [6, 6.07) is 9.19. The first-order valence-corrected chi connectivity index (χ1v) is 8.65. The molecule has 2 aromatic heterocycles. The van der Waals surface area contributed by atoms with E-state index in [4.69, 9.17) is 5.73 Å². The summed E-state index contributed by atoms with van der Waals surface area (Å²) in [5, 5.41) is 15.6. The smallest absolute Gasteiger partial charge is 0.161 e. The largest absolute Gasteiger partial charge is 0.323 e. The first-order valence-electron chi connectivity index (χ1n) is 8.65. The van der Waals surface area contributed by atoms with Crippen LogP contribution in [0.3, 0.4) is 0 Å². The normalized spacial score (nSPS) is 12.3. The molecule has 0 amide bonds. The number of halogens is 2. The molecule has 142 valence electrons. The third-order valence-corrected chi connectivity index (χ3v) is 4.33. The Morgan fingerprint density at radius 1 is 1.04 bits per heavy atom. The van der Waals surface area contributed by atoms with Crippen LogP contribution >= 0.6 is 0 Å². The lowest BCUT2D eigenvalue weighted by Crippen LogP contribution is -2.30. The molecule has 6 nitrogen and oxygen atoms in total. The molecule has 2 aromatic carbocycles. The average molecular weight is 380 g/mol. The SMILES string of the molecule is CC(C)(N)c1nnc(-c2cc(F)c3[nH]nc(C=Cc4ccc(F)cc4)c3c2)[nH]1. The molecule has 4 rings (SSSR count). The van der Waals surface area contributed by atoms with Gasteiger partial charge in [0.1, 0.15) is 23.0 Å². The van der Waals surface area contributed by atoms with E-state index in [-0.39, 0.29) is 5.82 Å². The van der Waals surface area contributed by atoms with Crippen molar-refractivity contribution in [1.82, 2.24) is 25.4 Å². The van der Waals surface area contributed by atoms with Gasteiger partial charge in [0.05, 0.1) is 11.2 Å². The number of fused-ring (bicyclic) bond motifs is 1. The molecule has 0 aliphatic rings. The number of hydrogen-bond donors (Lipinski definition) is 3. The maximum atomic E-state index is 14.6. The highest BCUT2D eigenvalue weighted by molar-refractivity contribution is 5.92. The Balaban J connectivity index is 1.74. The first kappa shape index (κ1) is 18.0. The van der Waals surface area contributed by atoms with E-state index in [0.29, 0.717) is 33.8 Å². The van der Waals surface area contributed by atoms with E-state index >= 15 is 0 Å². The number of nitrogens with one attached hydrogen (secondary N) is 2. The van der Waals surface area contributed by atoms with Crippen LogP contribution in [0.25, 0.3) is 34.4 Å². The van der Waals surface area contributed by atoms with Gasteiger partial charge in [0.2, 0.25) is 0 Å². The number of aromatic nitrogens is 5. The minimum Gasteiger partial charge on any atom is -0.323 e. The molecule has 0 radical (unpaired) electrons. The monoisotopic (exact) mass is 380 g/mol. The highest BCUT2D eigenvalue weighted by Crippen LogP contribution is 2.27. The molecule has 0 unspecified atom stereocenters. The molecule has 4 aromatic rings. The highest BCUT2D eigenvalue weighted by atomic mass is 19.1. The zero-order valence-electron chi connectivity index (χ0n) is 15.3. The van der Waals surface area contributed by atoms with E-state index in [9.17, 15) is 8.78 Å². The lowest BCUT2D eigenvalue weighted by atomic mass is 10.1.